The number of hydrogen-bond acceptors (Lipinski definition) is 7. The quantitative estimate of drug-likeness (QED) is 0.770. The van der Waals surface area contributed by atoms with Crippen LogP contribution in [0.25, 0.3) is 0 Å². The van der Waals surface area contributed by atoms with Gasteiger partial charge >= 0.3 is 0 Å². The van der Waals surface area contributed by atoms with E-state index in [2.05, 4.69) is 9.88 Å². The number of sulfonamides is 1. The smallest absolute Gasteiger partial charge is 0.231 e. The Morgan fingerprint density at radius 2 is 2.04 bits per heavy atom. The number of likely N-dealkylation sites (tertiary alicyclic amines) is 1. The Balaban J connectivity index is 1.26. The molecule has 7 nitrogen and oxygen atoms in total. The predicted octanol–water partition coefficient (Wildman–Crippen LogP) is 1.83. The third-order valence-electron chi connectivity index (χ3n) is 5.49. The second-order valence-electron chi connectivity index (χ2n) is 7.38. The van der Waals surface area contributed by atoms with Gasteiger partial charge in [-0.3, -0.25) is 4.90 Å². The van der Waals surface area contributed by atoms with E-state index in [9.17, 15) is 8.42 Å². The minimum atomic E-state index is -3.28. The highest BCUT2D eigenvalue weighted by molar-refractivity contribution is 7.90. The molecule has 0 amide bonds. The number of aromatic nitrogens is 1. The van der Waals surface area contributed by atoms with Gasteiger partial charge in [0.05, 0.1) is 22.5 Å². The summed E-state index contributed by atoms with van der Waals surface area (Å²) in [7, 11) is -3.28. The van der Waals surface area contributed by atoms with Crippen LogP contribution in [0.2, 0.25) is 0 Å². The second-order valence-corrected chi connectivity index (χ2v) is 10.6. The van der Waals surface area contributed by atoms with E-state index in [1.807, 2.05) is 30.5 Å². The summed E-state index contributed by atoms with van der Waals surface area (Å²) in [6, 6.07) is 5.93. The third-order valence-corrected chi connectivity index (χ3v) is 8.60. The van der Waals surface area contributed by atoms with Gasteiger partial charge < -0.3 is 9.47 Å². The van der Waals surface area contributed by atoms with Crippen LogP contribution in [0.3, 0.4) is 0 Å². The second kappa shape index (κ2) is 6.44. The van der Waals surface area contributed by atoms with E-state index >= 15 is 0 Å². The summed E-state index contributed by atoms with van der Waals surface area (Å²) < 4.78 is 38.4. The van der Waals surface area contributed by atoms with Gasteiger partial charge in [-0.25, -0.2) is 13.4 Å². The first-order valence-electron chi connectivity index (χ1n) is 9.00. The molecule has 1 aromatic heterocycles. The normalized spacial score (nSPS) is 26.6. The van der Waals surface area contributed by atoms with Crippen LogP contribution in [-0.4, -0.2) is 54.3 Å². The lowest BCUT2D eigenvalue weighted by Crippen LogP contribution is -2.34. The van der Waals surface area contributed by atoms with Crippen molar-refractivity contribution in [2.75, 3.05) is 26.4 Å². The molecule has 0 saturated carbocycles. The minimum Gasteiger partial charge on any atom is -0.454 e. The highest BCUT2D eigenvalue weighted by Gasteiger charge is 2.50. The lowest BCUT2D eigenvalue weighted by atomic mass is 10.1. The summed E-state index contributed by atoms with van der Waals surface area (Å²) in [6.45, 7) is 5.28. The van der Waals surface area contributed by atoms with Gasteiger partial charge in [0, 0.05) is 37.5 Å². The van der Waals surface area contributed by atoms with Crippen LogP contribution in [0.15, 0.2) is 23.6 Å². The molecule has 0 radical (unpaired) electrons. The fourth-order valence-corrected chi connectivity index (χ4v) is 7.00. The van der Waals surface area contributed by atoms with E-state index in [1.165, 1.54) is 0 Å². The van der Waals surface area contributed by atoms with Gasteiger partial charge in [0.15, 0.2) is 11.5 Å². The minimum absolute atomic E-state index is 0.156. The van der Waals surface area contributed by atoms with E-state index in [0.29, 0.717) is 19.6 Å². The van der Waals surface area contributed by atoms with Crippen LogP contribution in [0.1, 0.15) is 16.3 Å². The molecule has 4 heterocycles. The first kappa shape index (κ1) is 17.4. The average Bonchev–Trinajstić information content (AvgIpc) is 3.37. The van der Waals surface area contributed by atoms with Crippen LogP contribution in [0.5, 0.6) is 11.5 Å². The number of thiazole rings is 1. The number of ether oxygens (including phenoxy) is 2. The molecule has 0 aliphatic carbocycles. The maximum absolute atomic E-state index is 13.0. The van der Waals surface area contributed by atoms with Crippen molar-refractivity contribution < 1.29 is 17.9 Å². The largest absolute Gasteiger partial charge is 0.454 e. The van der Waals surface area contributed by atoms with Gasteiger partial charge in [-0.1, -0.05) is 6.07 Å². The van der Waals surface area contributed by atoms with Crippen LogP contribution in [0.4, 0.5) is 0 Å². The average molecular weight is 408 g/mol. The highest BCUT2D eigenvalue weighted by Crippen LogP contribution is 2.37. The highest BCUT2D eigenvalue weighted by atomic mass is 32.2. The van der Waals surface area contributed by atoms with Crippen LogP contribution < -0.4 is 9.47 Å². The molecule has 2 aromatic rings. The Labute approximate surface area is 162 Å². The van der Waals surface area contributed by atoms with Gasteiger partial charge in [-0.2, -0.15) is 4.31 Å². The first-order valence-corrected chi connectivity index (χ1v) is 11.4. The van der Waals surface area contributed by atoms with Gasteiger partial charge in [0.2, 0.25) is 16.8 Å². The zero-order valence-corrected chi connectivity index (χ0v) is 16.6. The monoisotopic (exact) mass is 407 g/mol. The van der Waals surface area contributed by atoms with Crippen molar-refractivity contribution in [3.8, 4) is 11.5 Å². The Bertz CT molecular complexity index is 975. The van der Waals surface area contributed by atoms with Crippen molar-refractivity contribution in [3.63, 3.8) is 0 Å². The molecule has 2 atom stereocenters. The van der Waals surface area contributed by atoms with Crippen LogP contribution in [-0.2, 0) is 23.1 Å². The van der Waals surface area contributed by atoms with Gasteiger partial charge in [-0.05, 0) is 24.6 Å². The molecular weight excluding hydrogens is 386 g/mol. The van der Waals surface area contributed by atoms with Crippen LogP contribution >= 0.6 is 11.3 Å². The summed E-state index contributed by atoms with van der Waals surface area (Å²) in [5, 5.41) is 2.60. The topological polar surface area (TPSA) is 72.0 Å². The zero-order chi connectivity index (χ0) is 18.6. The number of rotatable bonds is 4. The molecule has 144 valence electrons. The molecule has 3 aliphatic heterocycles. The molecule has 27 heavy (non-hydrogen) atoms. The number of aryl methyl sites for hydroxylation is 1. The Kier molecular flexibility index (Phi) is 4.15. The van der Waals surface area contributed by atoms with Crippen molar-refractivity contribution in [3.05, 3.63) is 39.8 Å². The van der Waals surface area contributed by atoms with Gasteiger partial charge in [-0.15, -0.1) is 11.3 Å². The Hall–Kier alpha value is -1.68. The number of benzene rings is 1. The SMILES string of the molecule is Cc1nc(CN2C[C@@H]3CN(Cc4ccc5c(c4)OCO5)C[C@@H]3S2(=O)=O)cs1. The molecule has 2 saturated heterocycles. The first-order chi connectivity index (χ1) is 13.0. The molecule has 0 N–H and O–H groups in total. The molecule has 2 fully saturated rings. The lowest BCUT2D eigenvalue weighted by Gasteiger charge is -2.21. The van der Waals surface area contributed by atoms with Crippen LogP contribution in [0, 0.1) is 12.8 Å². The molecule has 5 rings (SSSR count). The fourth-order valence-electron chi connectivity index (χ4n) is 4.24. The van der Waals surface area contributed by atoms with E-state index in [-0.39, 0.29) is 18.0 Å². The summed E-state index contributed by atoms with van der Waals surface area (Å²) in [6.07, 6.45) is 0. The molecule has 9 heteroatoms. The van der Waals surface area contributed by atoms with Crippen molar-refractivity contribution in [2.24, 2.45) is 5.92 Å². The molecular formula is C18H21N3O4S2. The maximum atomic E-state index is 13.0. The van der Waals surface area contributed by atoms with E-state index in [0.717, 1.165) is 40.9 Å². The summed E-state index contributed by atoms with van der Waals surface area (Å²) in [5.41, 5.74) is 1.96. The summed E-state index contributed by atoms with van der Waals surface area (Å²) in [4.78, 5) is 6.64. The van der Waals surface area contributed by atoms with Crippen molar-refractivity contribution in [1.29, 1.82) is 0 Å². The molecule has 0 spiro atoms. The number of nitrogens with zero attached hydrogens (tertiary/aromatic N) is 3. The zero-order valence-electron chi connectivity index (χ0n) is 15.0. The van der Waals surface area contributed by atoms with E-state index < -0.39 is 10.0 Å². The lowest BCUT2D eigenvalue weighted by molar-refractivity contribution is 0.174. The number of hydrogen-bond donors (Lipinski definition) is 0. The van der Waals surface area contributed by atoms with Gasteiger partial charge in [0.1, 0.15) is 0 Å². The molecule has 0 bridgehead atoms. The fraction of sp³-hybridized carbons (Fsp3) is 0.500. The van der Waals surface area contributed by atoms with Crippen molar-refractivity contribution in [2.45, 2.75) is 25.3 Å². The summed E-state index contributed by atoms with van der Waals surface area (Å²) in [5.74, 6) is 1.69. The predicted molar refractivity (Wildman–Crippen MR) is 101 cm³/mol. The Morgan fingerprint density at radius 3 is 2.81 bits per heavy atom. The molecule has 3 aliphatic rings. The molecule has 1 aromatic carbocycles. The summed E-state index contributed by atoms with van der Waals surface area (Å²) >= 11 is 1.56. The molecule has 0 unspecified atom stereocenters. The maximum Gasteiger partial charge on any atom is 0.231 e. The van der Waals surface area contributed by atoms with E-state index in [1.54, 1.807) is 15.6 Å². The van der Waals surface area contributed by atoms with Gasteiger partial charge in [0.25, 0.3) is 0 Å². The van der Waals surface area contributed by atoms with Crippen molar-refractivity contribution in [1.82, 2.24) is 14.2 Å². The van der Waals surface area contributed by atoms with Crippen molar-refractivity contribution >= 4 is 21.4 Å². The van der Waals surface area contributed by atoms with E-state index in [4.69, 9.17) is 9.47 Å². The standard InChI is InChI=1S/C18H21N3O4S2/c1-12-19-15(10-26-12)8-21-7-14-6-20(9-18(14)27(21,22)23)5-13-2-3-16-17(4-13)25-11-24-16/h2-4,10,14,18H,5-9,11H2,1H3/t14-,18-/m0/s1. The number of fused-ring (bicyclic) bond motifs is 2. The third kappa shape index (κ3) is 3.12. The Morgan fingerprint density at radius 1 is 1.19 bits per heavy atom.